The molecule has 4 rings (SSSR count). The molecular weight excluding hydrogens is 425 g/mol. The molecule has 3 aromatic rings. The molecule has 1 aromatic carbocycles. The van der Waals surface area contributed by atoms with E-state index in [2.05, 4.69) is 20.2 Å². The lowest BCUT2D eigenvalue weighted by Crippen LogP contribution is -2.54. The Labute approximate surface area is 191 Å². The van der Waals surface area contributed by atoms with Crippen LogP contribution in [0.2, 0.25) is 0 Å². The van der Waals surface area contributed by atoms with Gasteiger partial charge in [0.15, 0.2) is 0 Å². The number of nitrogens with zero attached hydrogens (tertiary/aromatic N) is 3. The number of aliphatic hydroxyl groups excluding tert-OH is 1. The molecule has 0 bridgehead atoms. The lowest BCUT2D eigenvalue weighted by Gasteiger charge is -2.41. The van der Waals surface area contributed by atoms with E-state index in [1.54, 1.807) is 12.3 Å². The van der Waals surface area contributed by atoms with Gasteiger partial charge in [-0.3, -0.25) is 19.5 Å². The molecule has 1 fully saturated rings. The van der Waals surface area contributed by atoms with Crippen molar-refractivity contribution in [1.82, 2.24) is 20.2 Å². The SMILES string of the molecule is CCc1cc2ncc(CN3CCN(c4ccc(C(=O)NC)c(F)c4)C[C@@H]3CO)cc2[nH]c1=O. The van der Waals surface area contributed by atoms with Crippen LogP contribution in [0.15, 0.2) is 41.3 Å². The number of carbonyl (C=O) groups excluding carboxylic acids is 1. The first-order valence-electron chi connectivity index (χ1n) is 11.1. The van der Waals surface area contributed by atoms with Crippen LogP contribution in [0.5, 0.6) is 0 Å². The smallest absolute Gasteiger partial charge is 0.253 e. The van der Waals surface area contributed by atoms with Crippen molar-refractivity contribution in [2.75, 3.05) is 38.2 Å². The first kappa shape index (κ1) is 22.9. The van der Waals surface area contributed by atoms with Crippen molar-refractivity contribution >= 4 is 22.6 Å². The molecule has 174 valence electrons. The van der Waals surface area contributed by atoms with Gasteiger partial charge in [0.2, 0.25) is 0 Å². The van der Waals surface area contributed by atoms with Crippen LogP contribution in [0.3, 0.4) is 0 Å². The Morgan fingerprint density at radius 2 is 2.12 bits per heavy atom. The van der Waals surface area contributed by atoms with Crippen molar-refractivity contribution < 1.29 is 14.3 Å². The molecule has 0 unspecified atom stereocenters. The lowest BCUT2D eigenvalue weighted by atomic mass is 10.1. The molecule has 1 amide bonds. The molecule has 0 radical (unpaired) electrons. The van der Waals surface area contributed by atoms with Gasteiger partial charge in [-0.2, -0.15) is 0 Å². The Morgan fingerprint density at radius 1 is 1.30 bits per heavy atom. The third-order valence-electron chi connectivity index (χ3n) is 6.20. The number of amides is 1. The van der Waals surface area contributed by atoms with Crippen LogP contribution in [0.4, 0.5) is 10.1 Å². The summed E-state index contributed by atoms with van der Waals surface area (Å²) in [5, 5.41) is 12.4. The number of aliphatic hydroxyl groups is 1. The number of hydrogen-bond acceptors (Lipinski definition) is 6. The Morgan fingerprint density at radius 3 is 2.82 bits per heavy atom. The van der Waals surface area contributed by atoms with Gasteiger partial charge in [0.05, 0.1) is 29.2 Å². The van der Waals surface area contributed by atoms with Crippen molar-refractivity contribution in [1.29, 1.82) is 0 Å². The minimum Gasteiger partial charge on any atom is -0.395 e. The van der Waals surface area contributed by atoms with Crippen molar-refractivity contribution in [2.45, 2.75) is 25.9 Å². The van der Waals surface area contributed by atoms with E-state index in [0.717, 1.165) is 11.1 Å². The van der Waals surface area contributed by atoms with E-state index in [-0.39, 0.29) is 23.8 Å². The van der Waals surface area contributed by atoms with Gasteiger partial charge in [0.1, 0.15) is 5.82 Å². The molecule has 0 saturated carbocycles. The van der Waals surface area contributed by atoms with Crippen LogP contribution in [0, 0.1) is 5.82 Å². The number of halogens is 1. The number of fused-ring (bicyclic) bond motifs is 1. The van der Waals surface area contributed by atoms with E-state index in [0.29, 0.717) is 49.4 Å². The molecule has 3 N–H and O–H groups in total. The molecule has 0 spiro atoms. The molecule has 2 aromatic heterocycles. The van der Waals surface area contributed by atoms with Crippen LogP contribution in [-0.4, -0.2) is 65.2 Å². The highest BCUT2D eigenvalue weighted by molar-refractivity contribution is 5.94. The summed E-state index contributed by atoms with van der Waals surface area (Å²) in [7, 11) is 1.46. The summed E-state index contributed by atoms with van der Waals surface area (Å²) in [6.45, 7) is 4.29. The second-order valence-electron chi connectivity index (χ2n) is 8.25. The Balaban J connectivity index is 1.49. The highest BCUT2D eigenvalue weighted by Crippen LogP contribution is 2.23. The summed E-state index contributed by atoms with van der Waals surface area (Å²) in [4.78, 5) is 35.5. The maximum atomic E-state index is 14.4. The standard InChI is InChI=1S/C24H28FN5O3/c1-3-16-9-21-22(28-23(16)32)8-15(11-27-21)12-29-6-7-30(13-18(29)14-31)17-4-5-19(20(25)10-17)24(33)26-2/h4-5,8-11,18,31H,3,6-7,12-14H2,1-2H3,(H,26,33)(H,28,32)/t18-/m1/s1. The molecule has 0 aliphatic carbocycles. The number of aryl methyl sites for hydroxylation is 1. The Bertz CT molecular complexity index is 1230. The van der Waals surface area contributed by atoms with Crippen LogP contribution in [-0.2, 0) is 13.0 Å². The molecule has 1 saturated heterocycles. The number of benzene rings is 1. The van der Waals surface area contributed by atoms with E-state index in [1.165, 1.54) is 19.2 Å². The molecular formula is C24H28FN5O3. The zero-order chi connectivity index (χ0) is 23.5. The number of piperazine rings is 1. The second-order valence-corrected chi connectivity index (χ2v) is 8.25. The topological polar surface area (TPSA) is 102 Å². The quantitative estimate of drug-likeness (QED) is 0.525. The lowest BCUT2D eigenvalue weighted by molar-refractivity contribution is 0.0959. The monoisotopic (exact) mass is 453 g/mol. The molecule has 8 nitrogen and oxygen atoms in total. The van der Waals surface area contributed by atoms with Crippen LogP contribution >= 0.6 is 0 Å². The van der Waals surface area contributed by atoms with Gasteiger partial charge in [-0.05, 0) is 42.3 Å². The number of hydrogen-bond donors (Lipinski definition) is 3. The average Bonchev–Trinajstić information content (AvgIpc) is 2.83. The first-order chi connectivity index (χ1) is 15.9. The Hall–Kier alpha value is -3.30. The number of H-pyrrole nitrogens is 1. The van der Waals surface area contributed by atoms with Gasteiger partial charge in [-0.25, -0.2) is 4.39 Å². The van der Waals surface area contributed by atoms with E-state index >= 15 is 0 Å². The van der Waals surface area contributed by atoms with Gasteiger partial charge in [0, 0.05) is 50.7 Å². The summed E-state index contributed by atoms with van der Waals surface area (Å²) in [5.41, 5.74) is 3.68. The maximum absolute atomic E-state index is 14.4. The highest BCUT2D eigenvalue weighted by atomic mass is 19.1. The second kappa shape index (κ2) is 9.68. The Kier molecular flexibility index (Phi) is 6.71. The summed E-state index contributed by atoms with van der Waals surface area (Å²) in [5.74, 6) is -1.04. The number of carbonyl (C=O) groups is 1. The predicted molar refractivity (Wildman–Crippen MR) is 125 cm³/mol. The number of rotatable bonds is 6. The van der Waals surface area contributed by atoms with E-state index in [4.69, 9.17) is 0 Å². The normalized spacial score (nSPS) is 16.8. The van der Waals surface area contributed by atoms with Gasteiger partial charge in [0.25, 0.3) is 11.5 Å². The van der Waals surface area contributed by atoms with E-state index in [1.807, 2.05) is 24.0 Å². The van der Waals surface area contributed by atoms with Gasteiger partial charge in [-0.1, -0.05) is 6.92 Å². The summed E-state index contributed by atoms with van der Waals surface area (Å²) in [6, 6.07) is 8.17. The summed E-state index contributed by atoms with van der Waals surface area (Å²) in [6.07, 6.45) is 2.45. The first-order valence-corrected chi connectivity index (χ1v) is 11.1. The van der Waals surface area contributed by atoms with Crippen molar-refractivity contribution in [3.05, 3.63) is 69.4 Å². The number of aromatic amines is 1. The fourth-order valence-corrected chi connectivity index (χ4v) is 4.28. The van der Waals surface area contributed by atoms with Crippen LogP contribution in [0.1, 0.15) is 28.4 Å². The third-order valence-corrected chi connectivity index (χ3v) is 6.20. The maximum Gasteiger partial charge on any atom is 0.253 e. The largest absolute Gasteiger partial charge is 0.395 e. The van der Waals surface area contributed by atoms with Crippen molar-refractivity contribution in [3.8, 4) is 0 Å². The van der Waals surface area contributed by atoms with Gasteiger partial charge in [-0.15, -0.1) is 0 Å². The fourth-order valence-electron chi connectivity index (χ4n) is 4.28. The zero-order valence-corrected chi connectivity index (χ0v) is 18.8. The minimum atomic E-state index is -0.572. The zero-order valence-electron chi connectivity index (χ0n) is 18.8. The van der Waals surface area contributed by atoms with Crippen LogP contribution in [0.25, 0.3) is 11.0 Å². The minimum absolute atomic E-state index is 0.00602. The van der Waals surface area contributed by atoms with Gasteiger partial charge < -0.3 is 20.3 Å². The fraction of sp³-hybridized carbons (Fsp3) is 0.375. The van der Waals surface area contributed by atoms with Gasteiger partial charge >= 0.3 is 0 Å². The molecule has 3 heterocycles. The molecule has 1 aliphatic heterocycles. The number of pyridine rings is 2. The van der Waals surface area contributed by atoms with Crippen molar-refractivity contribution in [2.24, 2.45) is 0 Å². The number of anilines is 1. The molecule has 1 aliphatic rings. The van der Waals surface area contributed by atoms with Crippen molar-refractivity contribution in [3.63, 3.8) is 0 Å². The third kappa shape index (κ3) is 4.74. The molecule has 33 heavy (non-hydrogen) atoms. The number of aromatic nitrogens is 2. The number of nitrogens with one attached hydrogen (secondary N) is 2. The molecule has 9 heteroatoms. The summed E-state index contributed by atoms with van der Waals surface area (Å²) < 4.78 is 14.4. The van der Waals surface area contributed by atoms with E-state index < -0.39 is 11.7 Å². The summed E-state index contributed by atoms with van der Waals surface area (Å²) >= 11 is 0. The average molecular weight is 454 g/mol. The van der Waals surface area contributed by atoms with E-state index in [9.17, 15) is 19.1 Å². The highest BCUT2D eigenvalue weighted by Gasteiger charge is 2.27. The predicted octanol–water partition coefficient (Wildman–Crippen LogP) is 1.67. The molecule has 1 atom stereocenters. The van der Waals surface area contributed by atoms with Crippen LogP contribution < -0.4 is 15.8 Å².